The highest BCUT2D eigenvalue weighted by Gasteiger charge is 2.50. The number of alkyl halides is 3. The second-order valence-electron chi connectivity index (χ2n) is 9.52. The Morgan fingerprint density at radius 3 is 2.34 bits per heavy atom. The molecule has 2 N–H and O–H groups in total. The second kappa shape index (κ2) is 9.99. The first kappa shape index (κ1) is 22.9. The van der Waals surface area contributed by atoms with Gasteiger partial charge in [-0.2, -0.15) is 13.2 Å². The third-order valence-corrected chi connectivity index (χ3v) is 7.31. The van der Waals surface area contributed by atoms with E-state index in [1.165, 1.54) is 19.3 Å². The molecular formula is C22H37F3N2O2. The zero-order valence-corrected chi connectivity index (χ0v) is 17.8. The molecule has 0 aromatic heterocycles. The van der Waals surface area contributed by atoms with Gasteiger partial charge >= 0.3 is 6.18 Å². The SMILES string of the molecule is COC[C@@H](NC(=O)[C@@H]1CCC(C(F)(F)F)C[C@@H]1C1CC1)[C@H](C)NC1CCCCC1. The highest BCUT2D eigenvalue weighted by atomic mass is 19.4. The van der Waals surface area contributed by atoms with Crippen LogP contribution in [-0.2, 0) is 9.53 Å². The summed E-state index contributed by atoms with van der Waals surface area (Å²) < 4.78 is 45.1. The highest BCUT2D eigenvalue weighted by Crippen LogP contribution is 2.51. The number of nitrogens with one attached hydrogen (secondary N) is 2. The summed E-state index contributed by atoms with van der Waals surface area (Å²) >= 11 is 0. The molecule has 0 bridgehead atoms. The number of hydrogen-bond donors (Lipinski definition) is 2. The lowest BCUT2D eigenvalue weighted by Gasteiger charge is -2.38. The van der Waals surface area contributed by atoms with Crippen molar-refractivity contribution in [1.29, 1.82) is 0 Å². The fourth-order valence-electron chi connectivity index (χ4n) is 5.41. The Labute approximate surface area is 172 Å². The maximum atomic E-state index is 13.2. The van der Waals surface area contributed by atoms with E-state index in [9.17, 15) is 18.0 Å². The van der Waals surface area contributed by atoms with Crippen molar-refractivity contribution < 1.29 is 22.7 Å². The van der Waals surface area contributed by atoms with E-state index < -0.39 is 12.1 Å². The van der Waals surface area contributed by atoms with Gasteiger partial charge in [-0.05, 0) is 63.7 Å². The number of halogens is 3. The normalized spacial score (nSPS) is 31.3. The van der Waals surface area contributed by atoms with Gasteiger partial charge in [0.2, 0.25) is 5.91 Å². The minimum Gasteiger partial charge on any atom is -0.382 e. The molecule has 0 spiro atoms. The van der Waals surface area contributed by atoms with Crippen molar-refractivity contribution in [1.82, 2.24) is 10.6 Å². The highest BCUT2D eigenvalue weighted by molar-refractivity contribution is 5.79. The number of carbonyl (C=O) groups is 1. The average molecular weight is 419 g/mol. The quantitative estimate of drug-likeness (QED) is 0.613. The van der Waals surface area contributed by atoms with Crippen LogP contribution in [0.25, 0.3) is 0 Å². The molecule has 1 unspecified atom stereocenters. The van der Waals surface area contributed by atoms with Crippen molar-refractivity contribution in [2.45, 2.75) is 95.4 Å². The van der Waals surface area contributed by atoms with Crippen molar-refractivity contribution >= 4 is 5.91 Å². The van der Waals surface area contributed by atoms with E-state index in [1.807, 2.05) is 0 Å². The number of ether oxygens (including phenoxy) is 1. The Morgan fingerprint density at radius 2 is 1.76 bits per heavy atom. The summed E-state index contributed by atoms with van der Waals surface area (Å²) in [7, 11) is 1.62. The van der Waals surface area contributed by atoms with Gasteiger partial charge in [0.15, 0.2) is 0 Å². The summed E-state index contributed by atoms with van der Waals surface area (Å²) in [5, 5.41) is 6.78. The van der Waals surface area contributed by atoms with Crippen LogP contribution in [0.2, 0.25) is 0 Å². The summed E-state index contributed by atoms with van der Waals surface area (Å²) in [6, 6.07) is 0.360. The van der Waals surface area contributed by atoms with E-state index in [2.05, 4.69) is 17.6 Å². The Bertz CT molecular complexity index is 533. The van der Waals surface area contributed by atoms with Crippen LogP contribution < -0.4 is 10.6 Å². The van der Waals surface area contributed by atoms with Crippen molar-refractivity contribution in [2.75, 3.05) is 13.7 Å². The third kappa shape index (κ3) is 6.33. The molecule has 0 aromatic rings. The van der Waals surface area contributed by atoms with Crippen LogP contribution in [0.5, 0.6) is 0 Å². The molecule has 3 fully saturated rings. The summed E-state index contributed by atoms with van der Waals surface area (Å²) in [5.74, 6) is -1.49. The van der Waals surface area contributed by atoms with Crippen LogP contribution in [-0.4, -0.2) is 43.9 Å². The molecule has 1 amide bonds. The van der Waals surface area contributed by atoms with Gasteiger partial charge in [-0.25, -0.2) is 0 Å². The van der Waals surface area contributed by atoms with Gasteiger partial charge in [0, 0.05) is 25.1 Å². The number of hydrogen-bond acceptors (Lipinski definition) is 3. The first-order valence-corrected chi connectivity index (χ1v) is 11.4. The van der Waals surface area contributed by atoms with Crippen LogP contribution in [0.4, 0.5) is 13.2 Å². The third-order valence-electron chi connectivity index (χ3n) is 7.31. The van der Waals surface area contributed by atoms with Crippen LogP contribution >= 0.6 is 0 Å². The van der Waals surface area contributed by atoms with E-state index in [1.54, 1.807) is 7.11 Å². The predicted molar refractivity (Wildman–Crippen MR) is 106 cm³/mol. The van der Waals surface area contributed by atoms with E-state index in [0.29, 0.717) is 19.1 Å². The predicted octanol–water partition coefficient (Wildman–Crippen LogP) is 4.43. The zero-order valence-electron chi connectivity index (χ0n) is 17.8. The molecule has 0 radical (unpaired) electrons. The van der Waals surface area contributed by atoms with Gasteiger partial charge in [-0.15, -0.1) is 0 Å². The first-order valence-electron chi connectivity index (χ1n) is 11.4. The molecular weight excluding hydrogens is 381 g/mol. The molecule has 3 saturated carbocycles. The molecule has 0 aromatic carbocycles. The Balaban J connectivity index is 1.59. The van der Waals surface area contributed by atoms with Gasteiger partial charge < -0.3 is 15.4 Å². The van der Waals surface area contributed by atoms with Crippen molar-refractivity contribution in [3.63, 3.8) is 0 Å². The minimum absolute atomic E-state index is 0.0629. The smallest absolute Gasteiger partial charge is 0.382 e. The van der Waals surface area contributed by atoms with Crippen LogP contribution in [0.3, 0.4) is 0 Å². The Kier molecular flexibility index (Phi) is 7.87. The maximum absolute atomic E-state index is 13.2. The molecule has 3 rings (SSSR count). The van der Waals surface area contributed by atoms with E-state index in [0.717, 1.165) is 25.7 Å². The second-order valence-corrected chi connectivity index (χ2v) is 9.52. The lowest BCUT2D eigenvalue weighted by atomic mass is 9.71. The van der Waals surface area contributed by atoms with Gasteiger partial charge in [-0.1, -0.05) is 19.3 Å². The van der Waals surface area contributed by atoms with Crippen molar-refractivity contribution in [3.8, 4) is 0 Å². The molecule has 29 heavy (non-hydrogen) atoms. The van der Waals surface area contributed by atoms with Crippen LogP contribution in [0.1, 0.15) is 71.1 Å². The maximum Gasteiger partial charge on any atom is 0.391 e. The minimum atomic E-state index is -4.15. The van der Waals surface area contributed by atoms with Crippen molar-refractivity contribution in [3.05, 3.63) is 0 Å². The number of rotatable bonds is 8. The molecule has 7 heteroatoms. The Morgan fingerprint density at radius 1 is 1.07 bits per heavy atom. The monoisotopic (exact) mass is 418 g/mol. The van der Waals surface area contributed by atoms with Gasteiger partial charge in [-0.3, -0.25) is 4.79 Å². The Hall–Kier alpha value is -0.820. The topological polar surface area (TPSA) is 50.4 Å². The standard InChI is InChI=1S/C22H37F3N2O2/c1-14(26-17-6-4-3-5-7-17)20(13-29-2)27-21(28)18-11-10-16(22(23,24)25)12-19(18)15-8-9-15/h14-20,26H,3-13H2,1-2H3,(H,27,28)/t14-,16?,18+,19+,20+/m0/s1. The number of carbonyl (C=O) groups excluding carboxylic acids is 1. The molecule has 4 nitrogen and oxygen atoms in total. The van der Waals surface area contributed by atoms with Gasteiger partial charge in [0.05, 0.1) is 18.6 Å². The number of amides is 1. The van der Waals surface area contributed by atoms with Crippen LogP contribution in [0, 0.1) is 23.7 Å². The molecule has 3 aliphatic rings. The lowest BCUT2D eigenvalue weighted by Crippen LogP contribution is -2.55. The molecule has 0 heterocycles. The summed E-state index contributed by atoms with van der Waals surface area (Å²) in [6.45, 7) is 2.47. The summed E-state index contributed by atoms with van der Waals surface area (Å²) in [5.41, 5.74) is 0. The van der Waals surface area contributed by atoms with Crippen LogP contribution in [0.15, 0.2) is 0 Å². The molecule has 0 aliphatic heterocycles. The van der Waals surface area contributed by atoms with Crippen molar-refractivity contribution in [2.24, 2.45) is 23.7 Å². The molecule has 3 aliphatic carbocycles. The summed E-state index contributed by atoms with van der Waals surface area (Å²) in [6.07, 6.45) is 4.34. The van der Waals surface area contributed by atoms with E-state index >= 15 is 0 Å². The molecule has 168 valence electrons. The average Bonchev–Trinajstić information content (AvgIpc) is 3.52. The van der Waals surface area contributed by atoms with Gasteiger partial charge in [0.25, 0.3) is 0 Å². The fraction of sp³-hybridized carbons (Fsp3) is 0.955. The fourth-order valence-corrected chi connectivity index (χ4v) is 5.41. The van der Waals surface area contributed by atoms with E-state index in [4.69, 9.17) is 4.74 Å². The molecule has 0 saturated heterocycles. The zero-order chi connectivity index (χ0) is 21.0. The largest absolute Gasteiger partial charge is 0.391 e. The molecule has 5 atom stereocenters. The summed E-state index contributed by atoms with van der Waals surface area (Å²) in [4.78, 5) is 13.1. The van der Waals surface area contributed by atoms with Gasteiger partial charge in [0.1, 0.15) is 0 Å². The lowest BCUT2D eigenvalue weighted by molar-refractivity contribution is -0.190. The van der Waals surface area contributed by atoms with E-state index in [-0.39, 0.29) is 48.6 Å². The number of methoxy groups -OCH3 is 1. The first-order chi connectivity index (χ1) is 13.8.